The van der Waals surface area contributed by atoms with Crippen molar-refractivity contribution >= 4 is 45.6 Å². The Bertz CT molecular complexity index is 1060. The zero-order valence-corrected chi connectivity index (χ0v) is 14.1. The summed E-state index contributed by atoms with van der Waals surface area (Å²) in [5, 5.41) is 16.3. The number of para-hydroxylation sites is 1. The van der Waals surface area contributed by atoms with Gasteiger partial charge in [-0.05, 0) is 13.0 Å². The number of nitrogens with one attached hydrogen (secondary N) is 2. The molecule has 0 aliphatic rings. The van der Waals surface area contributed by atoms with E-state index >= 15 is 0 Å². The van der Waals surface area contributed by atoms with Crippen LogP contribution in [0.15, 0.2) is 40.0 Å². The Morgan fingerprint density at radius 3 is 3.04 bits per heavy atom. The standard InChI is InChI=1S/C16H14N6O2S/c1-9-8-12(22-24-9)18-13(23)6-7-25-16-19-15-14(20-21-16)10-4-2-3-5-11(10)17-15/h2-5,8H,6-7H2,1H3,(H,17,19,21)(H,18,22,23). The van der Waals surface area contributed by atoms with Crippen molar-refractivity contribution in [2.75, 3.05) is 11.1 Å². The van der Waals surface area contributed by atoms with Gasteiger partial charge in [-0.15, -0.1) is 10.2 Å². The average molecular weight is 354 g/mol. The van der Waals surface area contributed by atoms with Crippen molar-refractivity contribution in [3.63, 3.8) is 0 Å². The molecule has 8 nitrogen and oxygen atoms in total. The quantitative estimate of drug-likeness (QED) is 0.530. The van der Waals surface area contributed by atoms with Gasteiger partial charge < -0.3 is 14.8 Å². The molecule has 0 unspecified atom stereocenters. The minimum atomic E-state index is -0.138. The molecule has 0 aliphatic carbocycles. The number of hydrogen-bond acceptors (Lipinski definition) is 7. The second-order valence-electron chi connectivity index (χ2n) is 5.43. The summed E-state index contributed by atoms with van der Waals surface area (Å²) < 4.78 is 4.90. The van der Waals surface area contributed by atoms with Crippen LogP contribution < -0.4 is 5.32 Å². The summed E-state index contributed by atoms with van der Waals surface area (Å²) in [6.45, 7) is 1.77. The van der Waals surface area contributed by atoms with Gasteiger partial charge >= 0.3 is 0 Å². The lowest BCUT2D eigenvalue weighted by Crippen LogP contribution is -2.12. The lowest BCUT2D eigenvalue weighted by Gasteiger charge is -2.00. The summed E-state index contributed by atoms with van der Waals surface area (Å²) in [4.78, 5) is 19.6. The van der Waals surface area contributed by atoms with Crippen molar-refractivity contribution in [2.45, 2.75) is 18.5 Å². The van der Waals surface area contributed by atoms with Gasteiger partial charge in [0.2, 0.25) is 11.1 Å². The van der Waals surface area contributed by atoms with E-state index < -0.39 is 0 Å². The molecule has 3 aromatic heterocycles. The second-order valence-corrected chi connectivity index (χ2v) is 6.49. The lowest BCUT2D eigenvalue weighted by molar-refractivity contribution is -0.115. The lowest BCUT2D eigenvalue weighted by atomic mass is 10.2. The molecule has 0 atom stereocenters. The number of fused-ring (bicyclic) bond motifs is 3. The van der Waals surface area contributed by atoms with Gasteiger partial charge in [-0.2, -0.15) is 0 Å². The Morgan fingerprint density at radius 2 is 2.20 bits per heavy atom. The van der Waals surface area contributed by atoms with Gasteiger partial charge in [0.15, 0.2) is 11.5 Å². The summed E-state index contributed by atoms with van der Waals surface area (Å²) in [5.41, 5.74) is 2.42. The molecule has 0 aliphatic heterocycles. The monoisotopic (exact) mass is 354 g/mol. The van der Waals surface area contributed by atoms with Crippen LogP contribution in [0.5, 0.6) is 0 Å². The Hall–Kier alpha value is -2.94. The summed E-state index contributed by atoms with van der Waals surface area (Å²) in [6, 6.07) is 9.53. The highest BCUT2D eigenvalue weighted by Gasteiger charge is 2.10. The molecular weight excluding hydrogens is 340 g/mol. The van der Waals surface area contributed by atoms with Crippen LogP contribution in [0.1, 0.15) is 12.2 Å². The SMILES string of the molecule is Cc1cc(NC(=O)CCSc2nnc3c(n2)[nH]c2ccccc23)no1. The molecule has 2 N–H and O–H groups in total. The Kier molecular flexibility index (Phi) is 4.06. The Labute approximate surface area is 146 Å². The molecule has 25 heavy (non-hydrogen) atoms. The van der Waals surface area contributed by atoms with Crippen molar-refractivity contribution in [1.29, 1.82) is 0 Å². The van der Waals surface area contributed by atoms with Gasteiger partial charge in [0, 0.05) is 29.1 Å². The molecule has 4 rings (SSSR count). The van der Waals surface area contributed by atoms with Crippen molar-refractivity contribution in [2.24, 2.45) is 0 Å². The van der Waals surface area contributed by atoms with Crippen LogP contribution in [0.4, 0.5) is 5.82 Å². The third kappa shape index (κ3) is 3.31. The molecule has 1 amide bonds. The number of carbonyl (C=O) groups is 1. The smallest absolute Gasteiger partial charge is 0.226 e. The first-order valence-corrected chi connectivity index (χ1v) is 8.65. The number of benzene rings is 1. The maximum atomic E-state index is 11.9. The molecule has 4 aromatic rings. The molecule has 126 valence electrons. The molecule has 3 heterocycles. The first kappa shape index (κ1) is 15.6. The maximum absolute atomic E-state index is 11.9. The molecule has 9 heteroatoms. The van der Waals surface area contributed by atoms with Gasteiger partial charge in [-0.1, -0.05) is 35.1 Å². The second kappa shape index (κ2) is 6.52. The highest BCUT2D eigenvalue weighted by molar-refractivity contribution is 7.99. The van der Waals surface area contributed by atoms with E-state index in [1.807, 2.05) is 24.3 Å². The fourth-order valence-electron chi connectivity index (χ4n) is 2.43. The predicted molar refractivity (Wildman–Crippen MR) is 94.4 cm³/mol. The van der Waals surface area contributed by atoms with Crippen molar-refractivity contribution in [3.05, 3.63) is 36.1 Å². The summed E-state index contributed by atoms with van der Waals surface area (Å²) in [5.74, 6) is 1.47. The third-order valence-corrected chi connectivity index (χ3v) is 4.40. The first-order valence-electron chi connectivity index (χ1n) is 7.66. The van der Waals surface area contributed by atoms with Gasteiger partial charge in [-0.3, -0.25) is 4.79 Å². The van der Waals surface area contributed by atoms with Gasteiger partial charge in [0.25, 0.3) is 0 Å². The number of aromatic nitrogens is 5. The topological polar surface area (TPSA) is 110 Å². The van der Waals surface area contributed by atoms with Gasteiger partial charge in [0.1, 0.15) is 11.3 Å². The fourth-order valence-corrected chi connectivity index (χ4v) is 3.16. The van der Waals surface area contributed by atoms with Gasteiger partial charge in [-0.25, -0.2) is 4.98 Å². The number of aromatic amines is 1. The molecule has 1 aromatic carbocycles. The molecule has 0 saturated carbocycles. The van der Waals surface area contributed by atoms with E-state index in [0.29, 0.717) is 34.6 Å². The normalized spacial score (nSPS) is 11.2. The number of amides is 1. The van der Waals surface area contributed by atoms with E-state index in [2.05, 4.69) is 30.6 Å². The minimum absolute atomic E-state index is 0.138. The zero-order valence-electron chi connectivity index (χ0n) is 13.3. The number of H-pyrrole nitrogens is 1. The van der Waals surface area contributed by atoms with Crippen molar-refractivity contribution < 1.29 is 9.32 Å². The zero-order chi connectivity index (χ0) is 17.2. The van der Waals surface area contributed by atoms with Crippen LogP contribution in [0.2, 0.25) is 0 Å². The molecule has 0 saturated heterocycles. The van der Waals surface area contributed by atoms with Crippen molar-refractivity contribution in [1.82, 2.24) is 25.3 Å². The van der Waals surface area contributed by atoms with E-state index in [-0.39, 0.29) is 5.91 Å². The fraction of sp³-hybridized carbons (Fsp3) is 0.188. The Balaban J connectivity index is 1.39. The van der Waals surface area contributed by atoms with Crippen molar-refractivity contribution in [3.8, 4) is 0 Å². The van der Waals surface area contributed by atoms with Crippen LogP contribution in [0.25, 0.3) is 22.1 Å². The highest BCUT2D eigenvalue weighted by atomic mass is 32.2. The van der Waals surface area contributed by atoms with E-state index in [0.717, 1.165) is 16.4 Å². The first-order chi connectivity index (χ1) is 12.2. The highest BCUT2D eigenvalue weighted by Crippen LogP contribution is 2.23. The summed E-state index contributed by atoms with van der Waals surface area (Å²) in [7, 11) is 0. The number of anilines is 1. The largest absolute Gasteiger partial charge is 0.360 e. The van der Waals surface area contributed by atoms with E-state index in [1.165, 1.54) is 11.8 Å². The van der Waals surface area contributed by atoms with E-state index in [4.69, 9.17) is 4.52 Å². The van der Waals surface area contributed by atoms with Crippen LogP contribution in [-0.4, -0.2) is 37.0 Å². The molecule has 0 fully saturated rings. The number of rotatable bonds is 5. The molecule has 0 bridgehead atoms. The number of carbonyl (C=O) groups excluding carboxylic acids is 1. The van der Waals surface area contributed by atoms with E-state index in [9.17, 15) is 4.79 Å². The predicted octanol–water partition coefficient (Wildman–Crippen LogP) is 2.92. The van der Waals surface area contributed by atoms with Gasteiger partial charge in [0.05, 0.1) is 0 Å². The van der Waals surface area contributed by atoms with Crippen LogP contribution >= 0.6 is 11.8 Å². The molecular formula is C16H14N6O2S. The Morgan fingerprint density at radius 1 is 1.32 bits per heavy atom. The number of thioether (sulfide) groups is 1. The maximum Gasteiger partial charge on any atom is 0.226 e. The molecule has 0 radical (unpaired) electrons. The number of nitrogens with zero attached hydrogens (tertiary/aromatic N) is 4. The summed E-state index contributed by atoms with van der Waals surface area (Å²) >= 11 is 1.38. The number of aryl methyl sites for hydroxylation is 1. The van der Waals surface area contributed by atoms with Crippen LogP contribution in [0, 0.1) is 6.92 Å². The number of hydrogen-bond donors (Lipinski definition) is 2. The minimum Gasteiger partial charge on any atom is -0.360 e. The third-order valence-electron chi connectivity index (χ3n) is 3.56. The average Bonchev–Trinajstić information content (AvgIpc) is 3.17. The summed E-state index contributed by atoms with van der Waals surface area (Å²) in [6.07, 6.45) is 0.310. The van der Waals surface area contributed by atoms with E-state index in [1.54, 1.807) is 13.0 Å². The van der Waals surface area contributed by atoms with Crippen LogP contribution in [0.3, 0.4) is 0 Å². The van der Waals surface area contributed by atoms with Crippen LogP contribution in [-0.2, 0) is 4.79 Å². The molecule has 0 spiro atoms.